The molecule has 1 aromatic heterocycles. The number of hydrogen-bond acceptors (Lipinski definition) is 2. The molecule has 0 unspecified atom stereocenters. The van der Waals surface area contributed by atoms with Gasteiger partial charge in [-0.05, 0) is 48.4 Å². The zero-order chi connectivity index (χ0) is 18.1. The molecule has 0 aliphatic carbocycles. The number of carbonyl (C=O) groups is 1. The van der Waals surface area contributed by atoms with E-state index in [0.29, 0.717) is 27.3 Å². The summed E-state index contributed by atoms with van der Waals surface area (Å²) in [6.45, 7) is 2.25. The minimum Gasteiger partial charge on any atom is -0.476 e. The third-order valence-corrected chi connectivity index (χ3v) is 4.93. The van der Waals surface area contributed by atoms with Gasteiger partial charge in [-0.15, -0.1) is 0 Å². The highest BCUT2D eigenvalue weighted by molar-refractivity contribution is 6.42. The molecule has 0 fully saturated rings. The minimum absolute atomic E-state index is 0.0253. The lowest BCUT2D eigenvalue weighted by atomic mass is 10.1. The Balaban J connectivity index is 2.06. The third-order valence-electron chi connectivity index (χ3n) is 3.77. The van der Waals surface area contributed by atoms with Crippen molar-refractivity contribution in [3.8, 4) is 11.3 Å². The summed E-state index contributed by atoms with van der Waals surface area (Å²) in [6, 6.07) is 12.3. The third kappa shape index (κ3) is 3.82. The summed E-state index contributed by atoms with van der Waals surface area (Å²) in [5, 5.41) is 15.0. The molecule has 3 rings (SSSR count). The fraction of sp³-hybridized carbons (Fsp3) is 0.111. The van der Waals surface area contributed by atoms with Gasteiger partial charge >= 0.3 is 5.97 Å². The smallest absolute Gasteiger partial charge is 0.356 e. The molecule has 4 nitrogen and oxygen atoms in total. The van der Waals surface area contributed by atoms with Crippen LogP contribution in [0, 0.1) is 6.92 Å². The molecule has 0 bridgehead atoms. The lowest BCUT2D eigenvalue weighted by molar-refractivity contribution is 0.0689. The van der Waals surface area contributed by atoms with E-state index in [2.05, 4.69) is 5.10 Å². The molecule has 7 heteroatoms. The molecule has 0 aliphatic rings. The van der Waals surface area contributed by atoms with Gasteiger partial charge in [-0.1, -0.05) is 46.9 Å². The highest BCUT2D eigenvalue weighted by Crippen LogP contribution is 2.27. The van der Waals surface area contributed by atoms with Crippen molar-refractivity contribution in [1.82, 2.24) is 9.78 Å². The molecule has 0 atom stereocenters. The number of aromatic carboxylic acids is 1. The Morgan fingerprint density at radius 1 is 1.04 bits per heavy atom. The van der Waals surface area contributed by atoms with Gasteiger partial charge in [0.05, 0.1) is 22.3 Å². The van der Waals surface area contributed by atoms with E-state index in [9.17, 15) is 9.90 Å². The SMILES string of the molecule is Cc1cc(-c2cc(C(=O)O)nn2Cc2ccc(Cl)c(Cl)c2)ccc1Cl. The zero-order valence-electron chi connectivity index (χ0n) is 13.1. The molecule has 1 N–H and O–H groups in total. The number of carboxylic acids is 1. The predicted octanol–water partition coefficient (Wildman–Crippen LogP) is 5.57. The maximum Gasteiger partial charge on any atom is 0.356 e. The average molecular weight is 396 g/mol. The van der Waals surface area contributed by atoms with Gasteiger partial charge in [-0.3, -0.25) is 4.68 Å². The molecule has 128 valence electrons. The number of nitrogens with zero attached hydrogens (tertiary/aromatic N) is 2. The lowest BCUT2D eigenvalue weighted by Gasteiger charge is -2.10. The molecule has 0 radical (unpaired) electrons. The van der Waals surface area contributed by atoms with Crippen molar-refractivity contribution in [2.75, 3.05) is 0 Å². The van der Waals surface area contributed by atoms with Gasteiger partial charge in [0.1, 0.15) is 0 Å². The van der Waals surface area contributed by atoms with Crippen molar-refractivity contribution in [3.05, 3.63) is 74.4 Å². The summed E-state index contributed by atoms with van der Waals surface area (Å²) in [7, 11) is 0. The van der Waals surface area contributed by atoms with E-state index in [-0.39, 0.29) is 5.69 Å². The highest BCUT2D eigenvalue weighted by atomic mass is 35.5. The van der Waals surface area contributed by atoms with Crippen LogP contribution < -0.4 is 0 Å². The molecule has 25 heavy (non-hydrogen) atoms. The van der Waals surface area contributed by atoms with Gasteiger partial charge in [0.25, 0.3) is 0 Å². The minimum atomic E-state index is -1.08. The van der Waals surface area contributed by atoms with Crippen molar-refractivity contribution in [2.24, 2.45) is 0 Å². The van der Waals surface area contributed by atoms with Crippen LogP contribution in [0.25, 0.3) is 11.3 Å². The van der Waals surface area contributed by atoms with Crippen LogP contribution in [0.5, 0.6) is 0 Å². The average Bonchev–Trinajstić information content (AvgIpc) is 2.98. The Morgan fingerprint density at radius 2 is 1.76 bits per heavy atom. The van der Waals surface area contributed by atoms with Crippen LogP contribution in [0.2, 0.25) is 15.1 Å². The molecule has 2 aromatic carbocycles. The maximum atomic E-state index is 11.3. The second kappa shape index (κ2) is 7.08. The molecule has 0 spiro atoms. The van der Waals surface area contributed by atoms with Crippen molar-refractivity contribution in [1.29, 1.82) is 0 Å². The number of benzene rings is 2. The lowest BCUT2D eigenvalue weighted by Crippen LogP contribution is -2.06. The molecule has 0 saturated carbocycles. The summed E-state index contributed by atoms with van der Waals surface area (Å²) in [5.41, 5.74) is 3.26. The van der Waals surface area contributed by atoms with Crippen LogP contribution in [-0.2, 0) is 6.54 Å². The molecular formula is C18H13Cl3N2O2. The Hall–Kier alpha value is -2.01. The van der Waals surface area contributed by atoms with Gasteiger partial charge in [0.2, 0.25) is 0 Å². The number of aromatic nitrogens is 2. The molecular weight excluding hydrogens is 383 g/mol. The van der Waals surface area contributed by atoms with E-state index in [1.165, 1.54) is 0 Å². The highest BCUT2D eigenvalue weighted by Gasteiger charge is 2.16. The number of halogens is 3. The van der Waals surface area contributed by atoms with Gasteiger partial charge < -0.3 is 5.11 Å². The quantitative estimate of drug-likeness (QED) is 0.628. The first kappa shape index (κ1) is 17.8. The molecule has 3 aromatic rings. The molecule has 1 heterocycles. The second-order valence-corrected chi connectivity index (χ2v) is 6.81. The topological polar surface area (TPSA) is 55.1 Å². The van der Waals surface area contributed by atoms with E-state index >= 15 is 0 Å². The number of aryl methyl sites for hydroxylation is 1. The standard InChI is InChI=1S/C18H13Cl3N2O2/c1-10-6-12(3-5-13(10)19)17-8-16(18(24)25)22-23(17)9-11-2-4-14(20)15(21)7-11/h2-8H,9H2,1H3,(H,24,25). The number of carboxylic acid groups (broad SMARTS) is 1. The van der Waals surface area contributed by atoms with Gasteiger partial charge in [-0.25, -0.2) is 4.79 Å². The van der Waals surface area contributed by atoms with E-state index in [0.717, 1.165) is 16.7 Å². The molecule has 0 amide bonds. The fourth-order valence-corrected chi connectivity index (χ4v) is 2.93. The fourth-order valence-electron chi connectivity index (χ4n) is 2.49. The van der Waals surface area contributed by atoms with Crippen LogP contribution in [0.4, 0.5) is 0 Å². The molecule has 0 saturated heterocycles. The van der Waals surface area contributed by atoms with Crippen LogP contribution in [0.1, 0.15) is 21.6 Å². The largest absolute Gasteiger partial charge is 0.476 e. The summed E-state index contributed by atoms with van der Waals surface area (Å²) in [6.07, 6.45) is 0. The van der Waals surface area contributed by atoms with Crippen LogP contribution in [0.15, 0.2) is 42.5 Å². The Bertz CT molecular complexity index is 967. The number of rotatable bonds is 4. The first-order chi connectivity index (χ1) is 11.8. The predicted molar refractivity (Wildman–Crippen MR) is 99.9 cm³/mol. The Kier molecular flexibility index (Phi) is 5.04. The molecule has 0 aliphatic heterocycles. The number of hydrogen-bond donors (Lipinski definition) is 1. The van der Waals surface area contributed by atoms with Gasteiger partial charge in [0.15, 0.2) is 5.69 Å². The first-order valence-corrected chi connectivity index (χ1v) is 8.50. The summed E-state index contributed by atoms with van der Waals surface area (Å²) in [5.74, 6) is -1.08. The van der Waals surface area contributed by atoms with Crippen molar-refractivity contribution in [3.63, 3.8) is 0 Å². The van der Waals surface area contributed by atoms with E-state index in [1.54, 1.807) is 28.9 Å². The summed E-state index contributed by atoms with van der Waals surface area (Å²) >= 11 is 18.1. The maximum absolute atomic E-state index is 11.3. The van der Waals surface area contributed by atoms with Crippen molar-refractivity contribution < 1.29 is 9.90 Å². The van der Waals surface area contributed by atoms with Crippen LogP contribution in [0.3, 0.4) is 0 Å². The summed E-state index contributed by atoms with van der Waals surface area (Å²) < 4.78 is 1.63. The second-order valence-electron chi connectivity index (χ2n) is 5.59. The Morgan fingerprint density at radius 3 is 2.40 bits per heavy atom. The van der Waals surface area contributed by atoms with E-state index in [1.807, 2.05) is 25.1 Å². The first-order valence-electron chi connectivity index (χ1n) is 7.37. The van der Waals surface area contributed by atoms with E-state index < -0.39 is 5.97 Å². The Labute approximate surface area is 159 Å². The van der Waals surface area contributed by atoms with Crippen LogP contribution >= 0.6 is 34.8 Å². The zero-order valence-corrected chi connectivity index (χ0v) is 15.4. The normalized spacial score (nSPS) is 10.9. The van der Waals surface area contributed by atoms with Crippen LogP contribution in [-0.4, -0.2) is 20.9 Å². The summed E-state index contributed by atoms with van der Waals surface area (Å²) in [4.78, 5) is 11.3. The van der Waals surface area contributed by atoms with Crippen molar-refractivity contribution >= 4 is 40.8 Å². The van der Waals surface area contributed by atoms with Gasteiger partial charge in [0, 0.05) is 10.6 Å². The monoisotopic (exact) mass is 394 g/mol. The van der Waals surface area contributed by atoms with E-state index in [4.69, 9.17) is 34.8 Å². The van der Waals surface area contributed by atoms with Crippen molar-refractivity contribution in [2.45, 2.75) is 13.5 Å². The van der Waals surface area contributed by atoms with Gasteiger partial charge in [-0.2, -0.15) is 5.10 Å².